The van der Waals surface area contributed by atoms with Gasteiger partial charge in [0, 0.05) is 19.4 Å². The largest absolute Gasteiger partial charge is 0.493 e. The van der Waals surface area contributed by atoms with Crippen LogP contribution in [0.4, 0.5) is 0 Å². The van der Waals surface area contributed by atoms with Gasteiger partial charge in [0.1, 0.15) is 5.75 Å². The summed E-state index contributed by atoms with van der Waals surface area (Å²) >= 11 is 0. The van der Waals surface area contributed by atoms with Crippen LogP contribution < -0.4 is 10.1 Å². The topological polar surface area (TPSA) is 38.3 Å². The molecule has 0 saturated carbocycles. The highest BCUT2D eigenvalue weighted by Gasteiger charge is 2.25. The standard InChI is InChI=1S/C17H23NO2/c1-2-3-17(19)18-8-6-12-4-5-13-10-14-7-9-20-16(14)11-15(12)13/h10-12H,2-9H2,1H3,(H,18,19)/t12-/m1/s1. The fourth-order valence-corrected chi connectivity index (χ4v) is 3.37. The Morgan fingerprint density at radius 2 is 2.25 bits per heavy atom. The number of aryl methyl sites for hydroxylation is 1. The summed E-state index contributed by atoms with van der Waals surface area (Å²) in [6.45, 7) is 3.66. The van der Waals surface area contributed by atoms with Crippen molar-refractivity contribution in [3.8, 4) is 5.75 Å². The molecule has 1 aromatic carbocycles. The lowest BCUT2D eigenvalue weighted by Crippen LogP contribution is -2.24. The van der Waals surface area contributed by atoms with Crippen molar-refractivity contribution in [2.45, 2.75) is 51.4 Å². The van der Waals surface area contributed by atoms with Crippen LogP contribution in [0.15, 0.2) is 12.1 Å². The summed E-state index contributed by atoms with van der Waals surface area (Å²) in [5.74, 6) is 1.86. The Labute approximate surface area is 120 Å². The number of fused-ring (bicyclic) bond motifs is 2. The molecule has 1 heterocycles. The van der Waals surface area contributed by atoms with E-state index < -0.39 is 0 Å². The van der Waals surface area contributed by atoms with Gasteiger partial charge in [0.2, 0.25) is 5.91 Å². The van der Waals surface area contributed by atoms with E-state index in [-0.39, 0.29) is 5.91 Å². The Morgan fingerprint density at radius 3 is 3.10 bits per heavy atom. The van der Waals surface area contributed by atoms with Crippen molar-refractivity contribution in [1.29, 1.82) is 0 Å². The number of ether oxygens (including phenoxy) is 1. The second kappa shape index (κ2) is 5.86. The van der Waals surface area contributed by atoms with Crippen molar-refractivity contribution in [3.05, 3.63) is 28.8 Å². The number of hydrogen-bond acceptors (Lipinski definition) is 2. The zero-order valence-corrected chi connectivity index (χ0v) is 12.2. The Bertz CT molecular complexity index is 510. The van der Waals surface area contributed by atoms with Gasteiger partial charge >= 0.3 is 0 Å². The first-order valence-electron chi connectivity index (χ1n) is 7.83. The molecule has 3 heteroatoms. The molecule has 1 aliphatic heterocycles. The van der Waals surface area contributed by atoms with Gasteiger partial charge in [-0.1, -0.05) is 13.0 Å². The minimum atomic E-state index is 0.183. The molecule has 20 heavy (non-hydrogen) atoms. The number of amides is 1. The fraction of sp³-hybridized carbons (Fsp3) is 0.588. The van der Waals surface area contributed by atoms with Crippen LogP contribution in [-0.2, 0) is 17.6 Å². The highest BCUT2D eigenvalue weighted by Crippen LogP contribution is 2.40. The van der Waals surface area contributed by atoms with E-state index in [2.05, 4.69) is 17.4 Å². The minimum Gasteiger partial charge on any atom is -0.493 e. The van der Waals surface area contributed by atoms with E-state index in [0.717, 1.165) is 38.2 Å². The lowest BCUT2D eigenvalue weighted by atomic mass is 9.96. The Hall–Kier alpha value is -1.51. The van der Waals surface area contributed by atoms with Crippen LogP contribution in [0.1, 0.15) is 55.2 Å². The van der Waals surface area contributed by atoms with E-state index in [9.17, 15) is 4.79 Å². The summed E-state index contributed by atoms with van der Waals surface area (Å²) in [5, 5.41) is 3.02. The molecular formula is C17H23NO2. The third kappa shape index (κ3) is 2.67. The van der Waals surface area contributed by atoms with E-state index in [0.29, 0.717) is 12.3 Å². The zero-order valence-electron chi connectivity index (χ0n) is 12.2. The quantitative estimate of drug-likeness (QED) is 0.895. The van der Waals surface area contributed by atoms with Crippen molar-refractivity contribution < 1.29 is 9.53 Å². The van der Waals surface area contributed by atoms with Crippen molar-refractivity contribution in [1.82, 2.24) is 5.32 Å². The molecule has 3 rings (SSSR count). The molecule has 1 atom stereocenters. The third-order valence-corrected chi connectivity index (χ3v) is 4.45. The van der Waals surface area contributed by atoms with Gasteiger partial charge in [-0.05, 0) is 54.4 Å². The number of hydrogen-bond donors (Lipinski definition) is 1. The van der Waals surface area contributed by atoms with Crippen LogP contribution in [-0.4, -0.2) is 19.1 Å². The molecule has 1 N–H and O–H groups in total. The van der Waals surface area contributed by atoms with Crippen molar-refractivity contribution >= 4 is 5.91 Å². The first-order valence-corrected chi connectivity index (χ1v) is 7.83. The monoisotopic (exact) mass is 273 g/mol. The second-order valence-electron chi connectivity index (χ2n) is 5.88. The summed E-state index contributed by atoms with van der Waals surface area (Å²) in [7, 11) is 0. The predicted molar refractivity (Wildman–Crippen MR) is 79.2 cm³/mol. The van der Waals surface area contributed by atoms with Gasteiger partial charge < -0.3 is 10.1 Å². The average molecular weight is 273 g/mol. The van der Waals surface area contributed by atoms with E-state index in [1.807, 2.05) is 6.92 Å². The molecule has 0 radical (unpaired) electrons. The Kier molecular flexibility index (Phi) is 3.95. The second-order valence-corrected chi connectivity index (χ2v) is 5.88. The molecule has 0 bridgehead atoms. The zero-order chi connectivity index (χ0) is 13.9. The van der Waals surface area contributed by atoms with Gasteiger partial charge in [-0.25, -0.2) is 0 Å². The number of rotatable bonds is 5. The van der Waals surface area contributed by atoms with E-state index in [1.54, 1.807) is 0 Å². The Morgan fingerprint density at radius 1 is 1.35 bits per heavy atom. The van der Waals surface area contributed by atoms with Crippen LogP contribution in [0.3, 0.4) is 0 Å². The molecule has 108 valence electrons. The number of carbonyl (C=O) groups is 1. The van der Waals surface area contributed by atoms with Gasteiger partial charge in [0.25, 0.3) is 0 Å². The van der Waals surface area contributed by atoms with E-state index in [1.165, 1.54) is 29.5 Å². The lowest BCUT2D eigenvalue weighted by molar-refractivity contribution is -0.121. The summed E-state index contributed by atoms with van der Waals surface area (Å²) in [4.78, 5) is 11.5. The molecule has 0 unspecified atom stereocenters. The van der Waals surface area contributed by atoms with Gasteiger partial charge in [-0.2, -0.15) is 0 Å². The summed E-state index contributed by atoms with van der Waals surface area (Å²) in [6.07, 6.45) is 6.05. The van der Waals surface area contributed by atoms with Gasteiger partial charge in [-0.15, -0.1) is 0 Å². The number of nitrogens with one attached hydrogen (secondary N) is 1. The molecule has 0 saturated heterocycles. The van der Waals surface area contributed by atoms with Crippen LogP contribution in [0.5, 0.6) is 5.75 Å². The van der Waals surface area contributed by atoms with Crippen LogP contribution in [0.2, 0.25) is 0 Å². The number of carbonyl (C=O) groups excluding carboxylic acids is 1. The first kappa shape index (κ1) is 13.5. The van der Waals surface area contributed by atoms with Gasteiger partial charge in [0.15, 0.2) is 0 Å². The maximum absolute atomic E-state index is 11.5. The number of benzene rings is 1. The SMILES string of the molecule is CCCC(=O)NCC[C@H]1CCc2cc3c(cc21)OCC3. The molecule has 1 aliphatic carbocycles. The van der Waals surface area contributed by atoms with Crippen molar-refractivity contribution in [2.24, 2.45) is 0 Å². The van der Waals surface area contributed by atoms with Crippen molar-refractivity contribution in [3.63, 3.8) is 0 Å². The average Bonchev–Trinajstić information content (AvgIpc) is 3.03. The molecule has 0 aromatic heterocycles. The molecule has 1 aromatic rings. The summed E-state index contributed by atoms with van der Waals surface area (Å²) in [5.41, 5.74) is 4.33. The first-order chi connectivity index (χ1) is 9.78. The maximum Gasteiger partial charge on any atom is 0.219 e. The fourth-order valence-electron chi connectivity index (χ4n) is 3.37. The summed E-state index contributed by atoms with van der Waals surface area (Å²) in [6, 6.07) is 4.59. The Balaban J connectivity index is 1.60. The normalized spacial score (nSPS) is 19.4. The smallest absolute Gasteiger partial charge is 0.219 e. The van der Waals surface area contributed by atoms with Crippen LogP contribution in [0, 0.1) is 0 Å². The maximum atomic E-state index is 11.5. The highest BCUT2D eigenvalue weighted by molar-refractivity contribution is 5.75. The molecular weight excluding hydrogens is 250 g/mol. The molecule has 2 aliphatic rings. The lowest BCUT2D eigenvalue weighted by Gasteiger charge is -2.13. The van der Waals surface area contributed by atoms with E-state index in [4.69, 9.17) is 4.74 Å². The van der Waals surface area contributed by atoms with Crippen molar-refractivity contribution in [2.75, 3.05) is 13.2 Å². The van der Waals surface area contributed by atoms with Crippen LogP contribution >= 0.6 is 0 Å². The third-order valence-electron chi connectivity index (χ3n) is 4.45. The summed E-state index contributed by atoms with van der Waals surface area (Å²) < 4.78 is 5.68. The van der Waals surface area contributed by atoms with Gasteiger partial charge in [0.05, 0.1) is 6.61 Å². The molecule has 0 spiro atoms. The van der Waals surface area contributed by atoms with Crippen LogP contribution in [0.25, 0.3) is 0 Å². The molecule has 1 amide bonds. The molecule has 3 nitrogen and oxygen atoms in total. The van der Waals surface area contributed by atoms with Gasteiger partial charge in [-0.3, -0.25) is 4.79 Å². The highest BCUT2D eigenvalue weighted by atomic mass is 16.5. The molecule has 0 fully saturated rings. The predicted octanol–water partition coefficient (Wildman–Crippen LogP) is 2.96. The minimum absolute atomic E-state index is 0.183. The van der Waals surface area contributed by atoms with E-state index >= 15 is 0 Å².